The molecule has 0 aliphatic heterocycles. The highest BCUT2D eigenvalue weighted by Gasteiger charge is 2.09. The fraction of sp³-hybridized carbons (Fsp3) is 0.118. The van der Waals surface area contributed by atoms with E-state index in [1.807, 2.05) is 24.3 Å². The van der Waals surface area contributed by atoms with Gasteiger partial charge in [0.05, 0.1) is 29.3 Å². The molecule has 0 saturated heterocycles. The highest BCUT2D eigenvalue weighted by molar-refractivity contribution is 9.10. The van der Waals surface area contributed by atoms with Gasteiger partial charge in [-0.2, -0.15) is 5.10 Å². The third kappa shape index (κ3) is 4.54. The molecule has 2 N–H and O–H groups in total. The highest BCUT2D eigenvalue weighted by atomic mass is 79.9. The van der Waals surface area contributed by atoms with E-state index in [1.165, 1.54) is 25.1 Å². The smallest absolute Gasteiger partial charge is 0.250 e. The number of hydrazone groups is 1. The molecule has 0 bridgehead atoms. The minimum Gasteiger partial charge on any atom is -0.504 e. The number of methoxy groups -OCH3 is 1. The van der Waals surface area contributed by atoms with Crippen molar-refractivity contribution in [2.24, 2.45) is 5.10 Å². The molecule has 2 aromatic carbocycles. The molecule has 9 heteroatoms. The molecule has 3 aromatic rings. The van der Waals surface area contributed by atoms with Gasteiger partial charge in [-0.1, -0.05) is 39.8 Å². The summed E-state index contributed by atoms with van der Waals surface area (Å²) in [4.78, 5) is 16.4. The predicted octanol–water partition coefficient (Wildman–Crippen LogP) is 4.02. The molecular weight excluding hydrogens is 438 g/mol. The van der Waals surface area contributed by atoms with Gasteiger partial charge in [-0.25, -0.2) is 10.4 Å². The zero-order valence-corrected chi connectivity index (χ0v) is 16.8. The van der Waals surface area contributed by atoms with E-state index in [9.17, 15) is 9.90 Å². The molecular formula is C17H14BrN3O3S2. The number of ether oxygens (including phenoxy) is 1. The number of carbonyl (C=O) groups excluding carboxylic acids is 1. The molecule has 6 nitrogen and oxygen atoms in total. The van der Waals surface area contributed by atoms with Crippen LogP contribution in [0.3, 0.4) is 0 Å². The number of para-hydroxylation sites is 1. The Balaban J connectivity index is 1.57. The summed E-state index contributed by atoms with van der Waals surface area (Å²) in [5.74, 6) is 0.216. The number of hydrogen-bond donors (Lipinski definition) is 2. The lowest BCUT2D eigenvalue weighted by Gasteiger charge is -2.06. The Morgan fingerprint density at radius 3 is 3.04 bits per heavy atom. The first-order valence-corrected chi connectivity index (χ1v) is 10.0. The van der Waals surface area contributed by atoms with Crippen LogP contribution in [-0.2, 0) is 4.79 Å². The predicted molar refractivity (Wildman–Crippen MR) is 108 cm³/mol. The first-order valence-electron chi connectivity index (χ1n) is 7.43. The number of hydrogen-bond acceptors (Lipinski definition) is 7. The number of halogens is 1. The minimum absolute atomic E-state index is 0.0439. The normalized spacial score (nSPS) is 11.2. The molecule has 0 radical (unpaired) electrons. The van der Waals surface area contributed by atoms with Gasteiger partial charge in [-0.3, -0.25) is 4.79 Å². The number of aromatic hydroxyl groups is 1. The van der Waals surface area contributed by atoms with Crippen molar-refractivity contribution in [3.8, 4) is 11.5 Å². The number of amides is 1. The molecule has 0 aliphatic carbocycles. The Morgan fingerprint density at radius 1 is 1.46 bits per heavy atom. The quantitative estimate of drug-likeness (QED) is 0.336. The standard InChI is InChI=1S/C17H14BrN3O3S2/c1-24-13-7-11(18)6-10(16(13)23)8-19-21-15(22)9-25-17-20-12-4-2-3-5-14(12)26-17/h2-8,23H,9H2,1H3,(H,21,22). The second-order valence-corrected chi connectivity index (χ2v) is 8.24. The van der Waals surface area contributed by atoms with Gasteiger partial charge in [-0.05, 0) is 24.3 Å². The molecule has 134 valence electrons. The van der Waals surface area contributed by atoms with Crippen LogP contribution in [0.2, 0.25) is 0 Å². The van der Waals surface area contributed by atoms with Crippen LogP contribution in [0, 0.1) is 0 Å². The number of aromatic nitrogens is 1. The van der Waals surface area contributed by atoms with E-state index >= 15 is 0 Å². The van der Waals surface area contributed by atoms with Gasteiger partial charge in [-0.15, -0.1) is 11.3 Å². The summed E-state index contributed by atoms with van der Waals surface area (Å²) in [7, 11) is 1.46. The first kappa shape index (κ1) is 18.7. The van der Waals surface area contributed by atoms with Crippen LogP contribution in [0.1, 0.15) is 5.56 Å². The lowest BCUT2D eigenvalue weighted by molar-refractivity contribution is -0.118. The number of phenolic OH excluding ortho intramolecular Hbond substituents is 1. The van der Waals surface area contributed by atoms with Gasteiger partial charge in [0.1, 0.15) is 0 Å². The van der Waals surface area contributed by atoms with Crippen molar-refractivity contribution < 1.29 is 14.6 Å². The van der Waals surface area contributed by atoms with Crippen LogP contribution >= 0.6 is 39.0 Å². The van der Waals surface area contributed by atoms with Gasteiger partial charge in [0.2, 0.25) is 0 Å². The number of fused-ring (bicyclic) bond motifs is 1. The monoisotopic (exact) mass is 451 g/mol. The number of rotatable bonds is 6. The Kier molecular flexibility index (Phi) is 6.12. The zero-order chi connectivity index (χ0) is 18.5. The summed E-state index contributed by atoms with van der Waals surface area (Å²) in [6, 6.07) is 11.1. The fourth-order valence-electron chi connectivity index (χ4n) is 2.09. The summed E-state index contributed by atoms with van der Waals surface area (Å²) in [6.07, 6.45) is 1.36. The van der Waals surface area contributed by atoms with Crippen LogP contribution in [0.25, 0.3) is 10.2 Å². The van der Waals surface area contributed by atoms with E-state index in [4.69, 9.17) is 4.74 Å². The Hall–Kier alpha value is -2.10. The second kappa shape index (κ2) is 8.52. The van der Waals surface area contributed by atoms with Crippen LogP contribution in [0.4, 0.5) is 0 Å². The van der Waals surface area contributed by atoms with E-state index in [1.54, 1.807) is 23.5 Å². The molecule has 26 heavy (non-hydrogen) atoms. The van der Waals surface area contributed by atoms with Gasteiger partial charge >= 0.3 is 0 Å². The van der Waals surface area contributed by atoms with Crippen LogP contribution in [0.15, 0.2) is 50.3 Å². The summed E-state index contributed by atoms with van der Waals surface area (Å²) in [6.45, 7) is 0. The molecule has 0 unspecified atom stereocenters. The highest BCUT2D eigenvalue weighted by Crippen LogP contribution is 2.32. The number of thioether (sulfide) groups is 1. The van der Waals surface area contributed by atoms with Crippen molar-refractivity contribution in [3.05, 3.63) is 46.4 Å². The van der Waals surface area contributed by atoms with Crippen LogP contribution in [-0.4, -0.2) is 35.1 Å². The lowest BCUT2D eigenvalue weighted by Crippen LogP contribution is -2.19. The molecule has 0 fully saturated rings. The molecule has 1 aromatic heterocycles. The molecule has 3 rings (SSSR count). The number of benzene rings is 2. The second-order valence-electron chi connectivity index (χ2n) is 5.08. The largest absolute Gasteiger partial charge is 0.504 e. The zero-order valence-electron chi connectivity index (χ0n) is 13.6. The van der Waals surface area contributed by atoms with Crippen molar-refractivity contribution in [3.63, 3.8) is 0 Å². The van der Waals surface area contributed by atoms with Crippen molar-refractivity contribution >= 4 is 61.4 Å². The van der Waals surface area contributed by atoms with Crippen molar-refractivity contribution in [1.82, 2.24) is 10.4 Å². The third-order valence-corrected chi connectivity index (χ3v) is 5.92. The lowest BCUT2D eigenvalue weighted by atomic mass is 10.2. The maximum absolute atomic E-state index is 11.9. The summed E-state index contributed by atoms with van der Waals surface area (Å²) < 4.78 is 7.72. The number of carbonyl (C=O) groups is 1. The molecule has 0 atom stereocenters. The minimum atomic E-state index is -0.257. The number of thiazole rings is 1. The van der Waals surface area contributed by atoms with E-state index in [-0.39, 0.29) is 17.4 Å². The van der Waals surface area contributed by atoms with Crippen LogP contribution in [0.5, 0.6) is 11.5 Å². The van der Waals surface area contributed by atoms with E-state index in [0.29, 0.717) is 11.3 Å². The van der Waals surface area contributed by atoms with E-state index in [0.717, 1.165) is 19.0 Å². The average molecular weight is 452 g/mol. The van der Waals surface area contributed by atoms with E-state index < -0.39 is 0 Å². The maximum atomic E-state index is 11.9. The Morgan fingerprint density at radius 2 is 2.27 bits per heavy atom. The number of phenols is 1. The molecule has 0 saturated carbocycles. The molecule has 0 aliphatic rings. The van der Waals surface area contributed by atoms with Gasteiger partial charge in [0.25, 0.3) is 5.91 Å². The Bertz CT molecular complexity index is 942. The summed E-state index contributed by atoms with van der Waals surface area (Å²) in [5, 5.41) is 13.9. The van der Waals surface area contributed by atoms with Crippen LogP contribution < -0.4 is 10.2 Å². The molecule has 0 spiro atoms. The van der Waals surface area contributed by atoms with Gasteiger partial charge in [0.15, 0.2) is 15.8 Å². The number of nitrogens with zero attached hydrogens (tertiary/aromatic N) is 2. The Labute approximate surface area is 166 Å². The van der Waals surface area contributed by atoms with Crippen molar-refractivity contribution in [2.75, 3.05) is 12.9 Å². The summed E-state index contributed by atoms with van der Waals surface area (Å²) >= 11 is 6.23. The SMILES string of the molecule is COc1cc(Br)cc(C=NNC(=O)CSc2nc3ccccc3s2)c1O. The molecule has 1 amide bonds. The first-order chi connectivity index (χ1) is 12.6. The topological polar surface area (TPSA) is 83.8 Å². The van der Waals surface area contributed by atoms with Crippen molar-refractivity contribution in [2.45, 2.75) is 4.34 Å². The van der Waals surface area contributed by atoms with E-state index in [2.05, 4.69) is 31.4 Å². The fourth-order valence-corrected chi connectivity index (χ4v) is 4.41. The average Bonchev–Trinajstić information content (AvgIpc) is 3.05. The maximum Gasteiger partial charge on any atom is 0.250 e. The number of nitrogens with one attached hydrogen (secondary N) is 1. The molecule has 1 heterocycles. The third-order valence-electron chi connectivity index (χ3n) is 3.28. The summed E-state index contributed by atoms with van der Waals surface area (Å²) in [5.41, 5.74) is 3.79. The van der Waals surface area contributed by atoms with Gasteiger partial charge in [0, 0.05) is 10.0 Å². The van der Waals surface area contributed by atoms with Crippen molar-refractivity contribution in [1.29, 1.82) is 0 Å². The van der Waals surface area contributed by atoms with Gasteiger partial charge < -0.3 is 9.84 Å².